The van der Waals surface area contributed by atoms with Gasteiger partial charge in [0.1, 0.15) is 17.5 Å². The molecule has 0 aromatic heterocycles. The van der Waals surface area contributed by atoms with Crippen molar-refractivity contribution in [3.05, 3.63) is 23.8 Å². The van der Waals surface area contributed by atoms with E-state index in [1.807, 2.05) is 13.0 Å². The maximum atomic E-state index is 10.4. The molecule has 100 valence electrons. The Hall–Kier alpha value is -0.930. The van der Waals surface area contributed by atoms with Crippen LogP contribution in [-0.2, 0) is 9.53 Å². The van der Waals surface area contributed by atoms with Gasteiger partial charge in [0, 0.05) is 11.8 Å². The number of rotatable bonds is 3. The Balaban J connectivity index is 2.27. The van der Waals surface area contributed by atoms with E-state index in [1.54, 1.807) is 0 Å². The number of aldehydes is 1. The molecule has 1 saturated heterocycles. The van der Waals surface area contributed by atoms with E-state index in [4.69, 9.17) is 4.74 Å². The highest BCUT2D eigenvalue weighted by Crippen LogP contribution is 2.66. The van der Waals surface area contributed by atoms with Crippen LogP contribution >= 0.6 is 0 Å². The van der Waals surface area contributed by atoms with Crippen LogP contribution in [0.25, 0.3) is 0 Å². The fraction of sp³-hybridized carbons (Fsp3) is 0.667. The number of carbonyl (C=O) groups excluding carboxylic acids is 1. The summed E-state index contributed by atoms with van der Waals surface area (Å²) in [6.45, 7) is 8.21. The molecule has 2 rings (SSSR count). The summed E-state index contributed by atoms with van der Waals surface area (Å²) in [7, 11) is 0. The SMILES string of the molecule is CC(=C/C=O)/C=C/C12OC1(C)CC(O)CC2(C)C. The number of aliphatic hydroxyl groups excluding tert-OH is 1. The summed E-state index contributed by atoms with van der Waals surface area (Å²) in [5, 5.41) is 9.92. The van der Waals surface area contributed by atoms with Crippen molar-refractivity contribution in [2.24, 2.45) is 5.41 Å². The van der Waals surface area contributed by atoms with E-state index in [0.717, 1.165) is 18.3 Å². The molecule has 0 aromatic carbocycles. The summed E-state index contributed by atoms with van der Waals surface area (Å²) >= 11 is 0. The van der Waals surface area contributed by atoms with Crippen LogP contribution < -0.4 is 0 Å². The molecule has 18 heavy (non-hydrogen) atoms. The maximum absolute atomic E-state index is 10.4. The van der Waals surface area contributed by atoms with Crippen molar-refractivity contribution in [3.63, 3.8) is 0 Å². The van der Waals surface area contributed by atoms with Crippen LogP contribution in [0.15, 0.2) is 23.8 Å². The summed E-state index contributed by atoms with van der Waals surface area (Å²) in [5.74, 6) is 0. The second-order valence-electron chi connectivity index (χ2n) is 6.39. The molecule has 2 fully saturated rings. The van der Waals surface area contributed by atoms with Crippen molar-refractivity contribution >= 4 is 6.29 Å². The molecule has 0 bridgehead atoms. The molecule has 1 N–H and O–H groups in total. The quantitative estimate of drug-likeness (QED) is 0.362. The van der Waals surface area contributed by atoms with E-state index < -0.39 is 0 Å². The molecule has 1 saturated carbocycles. The van der Waals surface area contributed by atoms with Gasteiger partial charge in [0.2, 0.25) is 0 Å². The van der Waals surface area contributed by atoms with E-state index in [2.05, 4.69) is 26.8 Å². The van der Waals surface area contributed by atoms with Crippen LogP contribution in [0.1, 0.15) is 40.5 Å². The highest BCUT2D eigenvalue weighted by molar-refractivity contribution is 5.67. The largest absolute Gasteiger partial charge is 0.393 e. The minimum atomic E-state index is -0.308. The first-order valence-corrected chi connectivity index (χ1v) is 6.46. The van der Waals surface area contributed by atoms with Gasteiger partial charge in [-0.2, -0.15) is 0 Å². The Kier molecular flexibility index (Phi) is 3.03. The maximum Gasteiger partial charge on any atom is 0.143 e. The second-order valence-corrected chi connectivity index (χ2v) is 6.39. The van der Waals surface area contributed by atoms with Crippen LogP contribution in [0.5, 0.6) is 0 Å². The van der Waals surface area contributed by atoms with Crippen LogP contribution in [-0.4, -0.2) is 28.7 Å². The van der Waals surface area contributed by atoms with Crippen LogP contribution in [0.2, 0.25) is 0 Å². The fourth-order valence-corrected chi connectivity index (χ4v) is 3.49. The number of epoxide rings is 1. The summed E-state index contributed by atoms with van der Waals surface area (Å²) in [6, 6.07) is 0. The lowest BCUT2D eigenvalue weighted by atomic mass is 9.63. The molecule has 3 unspecified atom stereocenters. The van der Waals surface area contributed by atoms with Crippen LogP contribution in [0.3, 0.4) is 0 Å². The van der Waals surface area contributed by atoms with Crippen molar-refractivity contribution in [2.75, 3.05) is 0 Å². The first-order chi connectivity index (χ1) is 8.26. The summed E-state index contributed by atoms with van der Waals surface area (Å²) in [4.78, 5) is 10.4. The third kappa shape index (κ3) is 1.86. The molecule has 0 amide bonds. The van der Waals surface area contributed by atoms with Crippen molar-refractivity contribution in [1.82, 2.24) is 0 Å². The lowest BCUT2D eigenvalue weighted by molar-refractivity contribution is -0.104. The van der Waals surface area contributed by atoms with Gasteiger partial charge in [-0.1, -0.05) is 19.9 Å². The van der Waals surface area contributed by atoms with Gasteiger partial charge < -0.3 is 9.84 Å². The molecular weight excluding hydrogens is 228 g/mol. The van der Waals surface area contributed by atoms with E-state index in [-0.39, 0.29) is 22.7 Å². The van der Waals surface area contributed by atoms with Gasteiger partial charge >= 0.3 is 0 Å². The lowest BCUT2D eigenvalue weighted by Gasteiger charge is -2.39. The molecule has 0 aromatic rings. The first kappa shape index (κ1) is 13.5. The molecule has 3 nitrogen and oxygen atoms in total. The lowest BCUT2D eigenvalue weighted by Crippen LogP contribution is -2.46. The van der Waals surface area contributed by atoms with Gasteiger partial charge in [-0.25, -0.2) is 0 Å². The zero-order chi connectivity index (χ0) is 13.6. The van der Waals surface area contributed by atoms with Crippen molar-refractivity contribution in [2.45, 2.75) is 57.8 Å². The smallest absolute Gasteiger partial charge is 0.143 e. The number of allylic oxidation sites excluding steroid dienone is 3. The van der Waals surface area contributed by atoms with Crippen molar-refractivity contribution in [1.29, 1.82) is 0 Å². The molecule has 3 atom stereocenters. The monoisotopic (exact) mass is 250 g/mol. The van der Waals surface area contributed by atoms with E-state index >= 15 is 0 Å². The van der Waals surface area contributed by atoms with E-state index in [9.17, 15) is 9.90 Å². The first-order valence-electron chi connectivity index (χ1n) is 6.46. The van der Waals surface area contributed by atoms with Gasteiger partial charge in [0.05, 0.1) is 6.10 Å². The average Bonchev–Trinajstić information content (AvgIpc) is 2.82. The van der Waals surface area contributed by atoms with Gasteiger partial charge in [-0.3, -0.25) is 4.79 Å². The standard InChI is InChI=1S/C15H22O3/c1-11(6-8-16)5-7-15-13(2,3)9-12(17)10-14(15,4)18-15/h5-8,12,17H,9-10H2,1-4H3/b7-5+,11-6-. The Morgan fingerprint density at radius 2 is 2.00 bits per heavy atom. The minimum absolute atomic E-state index is 0.0998. The molecule has 1 aliphatic carbocycles. The Bertz CT molecular complexity index is 421. The summed E-state index contributed by atoms with van der Waals surface area (Å²) in [6.07, 6.45) is 7.46. The van der Waals surface area contributed by atoms with Crippen LogP contribution in [0, 0.1) is 5.41 Å². The fourth-order valence-electron chi connectivity index (χ4n) is 3.49. The molecular formula is C15H22O3. The highest BCUT2D eigenvalue weighted by atomic mass is 16.6. The number of aliphatic hydroxyl groups is 1. The van der Waals surface area contributed by atoms with Gasteiger partial charge in [0.15, 0.2) is 0 Å². The topological polar surface area (TPSA) is 49.8 Å². The number of fused-ring (bicyclic) bond motifs is 1. The minimum Gasteiger partial charge on any atom is -0.393 e. The van der Waals surface area contributed by atoms with E-state index in [0.29, 0.717) is 6.42 Å². The Labute approximate surface area is 109 Å². The summed E-state index contributed by atoms with van der Waals surface area (Å²) < 4.78 is 6.00. The number of carbonyl (C=O) groups is 1. The molecule has 1 heterocycles. The zero-order valence-electron chi connectivity index (χ0n) is 11.6. The normalized spacial score (nSPS) is 42.7. The molecule has 3 heteroatoms. The average molecular weight is 250 g/mol. The van der Waals surface area contributed by atoms with Crippen LogP contribution in [0.4, 0.5) is 0 Å². The Morgan fingerprint density at radius 1 is 1.33 bits per heavy atom. The van der Waals surface area contributed by atoms with Gasteiger partial charge in [-0.15, -0.1) is 0 Å². The highest BCUT2D eigenvalue weighted by Gasteiger charge is 2.74. The molecule has 0 radical (unpaired) electrons. The number of hydrogen-bond donors (Lipinski definition) is 1. The van der Waals surface area contributed by atoms with Crippen molar-refractivity contribution < 1.29 is 14.6 Å². The Morgan fingerprint density at radius 3 is 2.56 bits per heavy atom. The predicted molar refractivity (Wildman–Crippen MR) is 70.2 cm³/mol. The third-order valence-electron chi connectivity index (χ3n) is 4.42. The summed E-state index contributed by atoms with van der Waals surface area (Å²) in [5.41, 5.74) is 0.236. The molecule has 1 aliphatic heterocycles. The second kappa shape index (κ2) is 4.04. The molecule has 2 aliphatic rings. The van der Waals surface area contributed by atoms with E-state index in [1.165, 1.54) is 6.08 Å². The number of hydrogen-bond acceptors (Lipinski definition) is 3. The number of ether oxygens (including phenoxy) is 1. The van der Waals surface area contributed by atoms with Crippen molar-refractivity contribution in [3.8, 4) is 0 Å². The third-order valence-corrected chi connectivity index (χ3v) is 4.42. The zero-order valence-corrected chi connectivity index (χ0v) is 11.6. The molecule has 0 spiro atoms. The van der Waals surface area contributed by atoms with Gasteiger partial charge in [-0.05, 0) is 38.0 Å². The van der Waals surface area contributed by atoms with Gasteiger partial charge in [0.25, 0.3) is 0 Å². The predicted octanol–water partition coefficient (Wildman–Crippen LogP) is 2.40.